The topological polar surface area (TPSA) is 61.4 Å². The van der Waals surface area contributed by atoms with Gasteiger partial charge in [0, 0.05) is 36.6 Å². The monoisotopic (exact) mass is 443 g/mol. The van der Waals surface area contributed by atoms with Gasteiger partial charge >= 0.3 is 0 Å². The zero-order valence-electron chi connectivity index (χ0n) is 19.7. The normalized spacial score (nSPS) is 14.5. The fourth-order valence-corrected chi connectivity index (χ4v) is 4.25. The largest absolute Gasteiger partial charge is 0.371 e. The van der Waals surface area contributed by atoms with Crippen LogP contribution in [0.2, 0.25) is 0 Å². The molecule has 172 valence electrons. The van der Waals surface area contributed by atoms with E-state index < -0.39 is 0 Å². The summed E-state index contributed by atoms with van der Waals surface area (Å²) in [5, 5.41) is 8.14. The first-order valence-electron chi connectivity index (χ1n) is 11.9. The summed E-state index contributed by atoms with van der Waals surface area (Å²) in [6.45, 7) is 8.92. The molecule has 0 aliphatic carbocycles. The van der Waals surface area contributed by atoms with Gasteiger partial charge in [-0.25, -0.2) is 0 Å². The summed E-state index contributed by atoms with van der Waals surface area (Å²) in [4.78, 5) is 28.3. The van der Waals surface area contributed by atoms with Crippen molar-refractivity contribution in [1.29, 1.82) is 0 Å². The van der Waals surface area contributed by atoms with Crippen LogP contribution in [0.5, 0.6) is 0 Å². The molecule has 0 spiro atoms. The van der Waals surface area contributed by atoms with E-state index >= 15 is 0 Å². The van der Waals surface area contributed by atoms with E-state index in [1.165, 1.54) is 0 Å². The molecule has 0 atom stereocenters. The molecule has 5 heteroatoms. The van der Waals surface area contributed by atoms with Gasteiger partial charge < -0.3 is 15.5 Å². The quantitative estimate of drug-likeness (QED) is 0.513. The number of piperidine rings is 1. The highest BCUT2D eigenvalue weighted by Crippen LogP contribution is 2.29. The summed E-state index contributed by atoms with van der Waals surface area (Å²) >= 11 is 0. The Morgan fingerprint density at radius 1 is 0.939 bits per heavy atom. The molecule has 2 N–H and O–H groups in total. The van der Waals surface area contributed by atoms with Crippen LogP contribution in [0.3, 0.4) is 0 Å². The number of nitrogens with zero attached hydrogens (tertiary/aromatic N) is 1. The Kier molecular flexibility index (Phi) is 6.97. The molecule has 3 aromatic rings. The number of carbonyl (C=O) groups excluding carboxylic acids is 2. The van der Waals surface area contributed by atoms with Gasteiger partial charge in [0.05, 0.1) is 5.56 Å². The van der Waals surface area contributed by atoms with Gasteiger partial charge in [-0.1, -0.05) is 51.1 Å². The molecule has 0 saturated carbocycles. The Labute approximate surface area is 196 Å². The average Bonchev–Trinajstić information content (AvgIpc) is 2.82. The number of hydrogen-bond acceptors (Lipinski definition) is 3. The predicted octanol–water partition coefficient (Wildman–Crippen LogP) is 5.71. The Hall–Kier alpha value is -3.34. The van der Waals surface area contributed by atoms with Crippen LogP contribution < -0.4 is 15.5 Å². The lowest BCUT2D eigenvalue weighted by Gasteiger charge is -2.33. The highest BCUT2D eigenvalue weighted by molar-refractivity contribution is 6.08. The van der Waals surface area contributed by atoms with E-state index in [-0.39, 0.29) is 11.8 Å². The minimum Gasteiger partial charge on any atom is -0.371 e. The van der Waals surface area contributed by atoms with Crippen molar-refractivity contribution in [3.8, 4) is 0 Å². The Morgan fingerprint density at radius 2 is 1.67 bits per heavy atom. The van der Waals surface area contributed by atoms with Crippen molar-refractivity contribution in [3.63, 3.8) is 0 Å². The second-order valence-electron chi connectivity index (χ2n) is 9.52. The zero-order valence-corrected chi connectivity index (χ0v) is 19.7. The number of rotatable bonds is 6. The van der Waals surface area contributed by atoms with E-state index in [2.05, 4.69) is 36.3 Å². The van der Waals surface area contributed by atoms with Crippen LogP contribution in [-0.2, 0) is 0 Å². The molecule has 4 rings (SSSR count). The highest BCUT2D eigenvalue weighted by Gasteiger charge is 2.22. The fraction of sp³-hybridized carbons (Fsp3) is 0.357. The molecule has 33 heavy (non-hydrogen) atoms. The van der Waals surface area contributed by atoms with Crippen molar-refractivity contribution >= 4 is 34.0 Å². The molecule has 2 amide bonds. The summed E-state index contributed by atoms with van der Waals surface area (Å²) in [6, 6.07) is 19.3. The van der Waals surface area contributed by atoms with Crippen LogP contribution in [-0.4, -0.2) is 31.4 Å². The molecule has 0 aromatic heterocycles. The maximum Gasteiger partial charge on any atom is 0.255 e. The van der Waals surface area contributed by atoms with Gasteiger partial charge in [-0.3, -0.25) is 9.59 Å². The van der Waals surface area contributed by atoms with E-state index in [1.54, 1.807) is 0 Å². The second-order valence-corrected chi connectivity index (χ2v) is 9.52. The van der Waals surface area contributed by atoms with Crippen molar-refractivity contribution in [2.45, 2.75) is 33.6 Å². The minimum absolute atomic E-state index is 0.0980. The van der Waals surface area contributed by atoms with Crippen molar-refractivity contribution in [2.75, 3.05) is 29.9 Å². The van der Waals surface area contributed by atoms with Crippen LogP contribution >= 0.6 is 0 Å². The first-order chi connectivity index (χ1) is 15.9. The standard InChI is InChI=1S/C28H33N3O2/c1-19(2)18-29-28(33)25-17-24(10-11-26(25)31-14-12-20(3)13-15-31)30-27(32)23-9-8-21-6-4-5-7-22(21)16-23/h4-11,16-17,19-20H,12-15,18H2,1-3H3,(H,29,33)(H,30,32). The third-order valence-corrected chi connectivity index (χ3v) is 6.31. The predicted molar refractivity (Wildman–Crippen MR) is 136 cm³/mol. The highest BCUT2D eigenvalue weighted by atomic mass is 16.2. The van der Waals surface area contributed by atoms with Crippen molar-refractivity contribution in [2.24, 2.45) is 11.8 Å². The van der Waals surface area contributed by atoms with E-state index in [0.717, 1.165) is 42.4 Å². The van der Waals surface area contributed by atoms with Crippen LogP contribution in [0.4, 0.5) is 11.4 Å². The lowest BCUT2D eigenvalue weighted by atomic mass is 9.97. The smallest absolute Gasteiger partial charge is 0.255 e. The maximum absolute atomic E-state index is 13.1. The molecule has 0 radical (unpaired) electrons. The summed E-state index contributed by atoms with van der Waals surface area (Å²) in [5.74, 6) is 0.789. The number of amides is 2. The molecule has 1 aliphatic heterocycles. The van der Waals surface area contributed by atoms with Gasteiger partial charge in [-0.15, -0.1) is 0 Å². The number of fused-ring (bicyclic) bond motifs is 1. The van der Waals surface area contributed by atoms with Crippen LogP contribution in [0.1, 0.15) is 54.3 Å². The summed E-state index contributed by atoms with van der Waals surface area (Å²) in [6.07, 6.45) is 2.24. The zero-order chi connectivity index (χ0) is 23.4. The number of benzene rings is 3. The van der Waals surface area contributed by atoms with Crippen molar-refractivity contribution < 1.29 is 9.59 Å². The summed E-state index contributed by atoms with van der Waals surface area (Å²) in [5.41, 5.74) is 2.76. The lowest BCUT2D eigenvalue weighted by Crippen LogP contribution is -2.35. The number of nitrogens with one attached hydrogen (secondary N) is 2. The molecule has 0 bridgehead atoms. The molecule has 1 aliphatic rings. The first-order valence-corrected chi connectivity index (χ1v) is 11.9. The van der Waals surface area contributed by atoms with Crippen LogP contribution in [0, 0.1) is 11.8 Å². The Bertz CT molecular complexity index is 1150. The fourth-order valence-electron chi connectivity index (χ4n) is 4.25. The lowest BCUT2D eigenvalue weighted by molar-refractivity contribution is 0.0948. The van der Waals surface area contributed by atoms with Gasteiger partial charge in [-0.05, 0) is 65.8 Å². The first kappa shape index (κ1) is 22.8. The average molecular weight is 444 g/mol. The molecule has 5 nitrogen and oxygen atoms in total. The molecule has 3 aromatic carbocycles. The van der Waals surface area contributed by atoms with E-state index in [4.69, 9.17) is 0 Å². The molecular formula is C28H33N3O2. The maximum atomic E-state index is 13.1. The molecule has 0 unspecified atom stereocenters. The number of carbonyl (C=O) groups is 2. The SMILES string of the molecule is CC(C)CNC(=O)c1cc(NC(=O)c2ccc3ccccc3c2)ccc1N1CCC(C)CC1. The van der Waals surface area contributed by atoms with E-state index in [9.17, 15) is 9.59 Å². The minimum atomic E-state index is -0.186. The van der Waals surface area contributed by atoms with Gasteiger partial charge in [0.1, 0.15) is 0 Å². The number of hydrogen-bond donors (Lipinski definition) is 2. The second kappa shape index (κ2) is 10.1. The van der Waals surface area contributed by atoms with E-state index in [1.807, 2.05) is 60.7 Å². The third-order valence-electron chi connectivity index (χ3n) is 6.31. The summed E-state index contributed by atoms with van der Waals surface area (Å²) < 4.78 is 0. The van der Waals surface area contributed by atoms with Crippen molar-refractivity contribution in [1.82, 2.24) is 5.32 Å². The molecule has 1 saturated heterocycles. The molecule has 1 heterocycles. The van der Waals surface area contributed by atoms with Gasteiger partial charge in [0.25, 0.3) is 11.8 Å². The molecule has 1 fully saturated rings. The van der Waals surface area contributed by atoms with Crippen LogP contribution in [0.15, 0.2) is 60.7 Å². The van der Waals surface area contributed by atoms with Crippen molar-refractivity contribution in [3.05, 3.63) is 71.8 Å². The number of anilines is 2. The summed E-state index contributed by atoms with van der Waals surface area (Å²) in [7, 11) is 0. The Balaban J connectivity index is 1.58. The Morgan fingerprint density at radius 3 is 2.39 bits per heavy atom. The van der Waals surface area contributed by atoms with Gasteiger partial charge in [0.15, 0.2) is 0 Å². The van der Waals surface area contributed by atoms with Crippen LogP contribution in [0.25, 0.3) is 10.8 Å². The third kappa shape index (κ3) is 5.54. The van der Waals surface area contributed by atoms with Gasteiger partial charge in [0.2, 0.25) is 0 Å². The van der Waals surface area contributed by atoms with E-state index in [0.29, 0.717) is 35.2 Å². The molecular weight excluding hydrogens is 410 g/mol. The van der Waals surface area contributed by atoms with Gasteiger partial charge in [-0.2, -0.15) is 0 Å².